The molecule has 0 radical (unpaired) electrons. The van der Waals surface area contributed by atoms with Crippen molar-refractivity contribution in [2.75, 3.05) is 0 Å². The molecule has 6 heteroatoms. The minimum Gasteiger partial charge on any atom is -0.479 e. The molecular formula is C12H12N2O4. The molecule has 94 valence electrons. The van der Waals surface area contributed by atoms with Crippen molar-refractivity contribution in [3.8, 4) is 5.75 Å². The molecule has 0 aromatic carbocycles. The third-order valence-corrected chi connectivity index (χ3v) is 2.37. The predicted molar refractivity (Wildman–Crippen MR) is 61.5 cm³/mol. The highest BCUT2D eigenvalue weighted by Gasteiger charge is 2.14. The van der Waals surface area contributed by atoms with Crippen molar-refractivity contribution < 1.29 is 19.1 Å². The summed E-state index contributed by atoms with van der Waals surface area (Å²) in [6.07, 6.45) is 4.01. The van der Waals surface area contributed by atoms with Gasteiger partial charge in [0.15, 0.2) is 11.8 Å². The second kappa shape index (κ2) is 4.87. The highest BCUT2D eigenvalue weighted by Crippen LogP contribution is 2.21. The SMILES string of the molecule is Cc1cc(O[C@@H](C)c2ncco2)cnc1C(=O)O. The first-order chi connectivity index (χ1) is 8.58. The fourth-order valence-corrected chi connectivity index (χ4v) is 1.53. The number of carbonyl (C=O) groups is 1. The minimum atomic E-state index is -1.06. The first-order valence-electron chi connectivity index (χ1n) is 5.34. The summed E-state index contributed by atoms with van der Waals surface area (Å²) in [6.45, 7) is 3.45. The lowest BCUT2D eigenvalue weighted by Crippen LogP contribution is -2.07. The van der Waals surface area contributed by atoms with Crippen LogP contribution in [0.25, 0.3) is 0 Å². The number of rotatable bonds is 4. The Bertz CT molecular complexity index is 551. The van der Waals surface area contributed by atoms with Gasteiger partial charge in [-0.2, -0.15) is 0 Å². The van der Waals surface area contributed by atoms with Crippen LogP contribution in [-0.2, 0) is 0 Å². The van der Waals surface area contributed by atoms with Gasteiger partial charge in [-0.1, -0.05) is 0 Å². The molecule has 0 fully saturated rings. The summed E-state index contributed by atoms with van der Waals surface area (Å²) in [5, 5.41) is 8.86. The molecule has 2 heterocycles. The Hall–Kier alpha value is -2.37. The average Bonchev–Trinajstić information content (AvgIpc) is 2.81. The van der Waals surface area contributed by atoms with Crippen LogP contribution in [0, 0.1) is 6.92 Å². The average molecular weight is 248 g/mol. The summed E-state index contributed by atoms with van der Waals surface area (Å²) in [6, 6.07) is 1.62. The van der Waals surface area contributed by atoms with Gasteiger partial charge in [-0.05, 0) is 25.5 Å². The van der Waals surface area contributed by atoms with E-state index in [0.29, 0.717) is 17.2 Å². The largest absolute Gasteiger partial charge is 0.479 e. The summed E-state index contributed by atoms with van der Waals surface area (Å²) in [4.78, 5) is 18.6. The van der Waals surface area contributed by atoms with E-state index in [9.17, 15) is 4.79 Å². The summed E-state index contributed by atoms with van der Waals surface area (Å²) in [7, 11) is 0. The van der Waals surface area contributed by atoms with Gasteiger partial charge < -0.3 is 14.3 Å². The first kappa shape index (κ1) is 12.1. The number of oxazole rings is 1. The van der Waals surface area contributed by atoms with E-state index in [-0.39, 0.29) is 11.8 Å². The van der Waals surface area contributed by atoms with Gasteiger partial charge in [0.1, 0.15) is 12.0 Å². The molecule has 1 atom stereocenters. The number of hydrogen-bond donors (Lipinski definition) is 1. The molecule has 2 aromatic rings. The van der Waals surface area contributed by atoms with E-state index in [2.05, 4.69) is 9.97 Å². The molecule has 2 aromatic heterocycles. The van der Waals surface area contributed by atoms with Crippen LogP contribution in [-0.4, -0.2) is 21.0 Å². The van der Waals surface area contributed by atoms with Crippen LogP contribution in [0.1, 0.15) is 35.0 Å². The zero-order valence-corrected chi connectivity index (χ0v) is 9.95. The van der Waals surface area contributed by atoms with Gasteiger partial charge in [0.2, 0.25) is 5.89 Å². The Kier molecular flexibility index (Phi) is 3.27. The summed E-state index contributed by atoms with van der Waals surface area (Å²) >= 11 is 0. The Morgan fingerprint density at radius 1 is 1.50 bits per heavy atom. The highest BCUT2D eigenvalue weighted by molar-refractivity contribution is 5.87. The van der Waals surface area contributed by atoms with Gasteiger partial charge in [-0.3, -0.25) is 0 Å². The van der Waals surface area contributed by atoms with Crippen LogP contribution < -0.4 is 4.74 Å². The van der Waals surface area contributed by atoms with E-state index in [1.807, 2.05) is 0 Å². The topological polar surface area (TPSA) is 85.5 Å². The van der Waals surface area contributed by atoms with Crippen molar-refractivity contribution in [2.45, 2.75) is 20.0 Å². The molecule has 0 spiro atoms. The Balaban J connectivity index is 2.15. The number of ether oxygens (including phenoxy) is 1. The maximum absolute atomic E-state index is 10.8. The molecule has 0 aliphatic heterocycles. The van der Waals surface area contributed by atoms with Gasteiger partial charge >= 0.3 is 5.97 Å². The number of aromatic carboxylic acids is 1. The summed E-state index contributed by atoms with van der Waals surface area (Å²) < 4.78 is 10.7. The summed E-state index contributed by atoms with van der Waals surface area (Å²) in [5.74, 6) is -0.127. The van der Waals surface area contributed by atoms with Crippen LogP contribution in [0.15, 0.2) is 29.1 Å². The normalized spacial score (nSPS) is 12.1. The predicted octanol–water partition coefficient (Wildman–Crippen LogP) is 2.22. The molecule has 0 bridgehead atoms. The number of nitrogens with zero attached hydrogens (tertiary/aromatic N) is 2. The highest BCUT2D eigenvalue weighted by atomic mass is 16.5. The monoisotopic (exact) mass is 248 g/mol. The quantitative estimate of drug-likeness (QED) is 0.892. The van der Waals surface area contributed by atoms with E-state index in [1.165, 1.54) is 18.7 Å². The van der Waals surface area contributed by atoms with E-state index in [4.69, 9.17) is 14.3 Å². The van der Waals surface area contributed by atoms with Crippen molar-refractivity contribution in [1.82, 2.24) is 9.97 Å². The van der Waals surface area contributed by atoms with Crippen molar-refractivity contribution in [1.29, 1.82) is 0 Å². The number of carboxylic acid groups (broad SMARTS) is 1. The van der Waals surface area contributed by atoms with E-state index in [1.54, 1.807) is 19.9 Å². The second-order valence-electron chi connectivity index (χ2n) is 3.77. The van der Waals surface area contributed by atoms with E-state index < -0.39 is 5.97 Å². The Labute approximate surface area is 103 Å². The summed E-state index contributed by atoms with van der Waals surface area (Å²) in [5.41, 5.74) is 0.561. The maximum Gasteiger partial charge on any atom is 0.354 e. The third-order valence-electron chi connectivity index (χ3n) is 2.37. The standard InChI is InChI=1S/C12H12N2O4/c1-7-5-9(6-14-10(7)12(15)16)18-8(2)11-13-3-4-17-11/h3-6,8H,1-2H3,(H,15,16)/t8-/m0/s1. The lowest BCUT2D eigenvalue weighted by Gasteiger charge is -2.11. The molecule has 0 aliphatic rings. The fraction of sp³-hybridized carbons (Fsp3) is 0.250. The Morgan fingerprint density at radius 2 is 2.28 bits per heavy atom. The minimum absolute atomic E-state index is 0.0196. The van der Waals surface area contributed by atoms with Gasteiger partial charge in [-0.15, -0.1) is 0 Å². The van der Waals surface area contributed by atoms with Crippen LogP contribution in [0.3, 0.4) is 0 Å². The fourth-order valence-electron chi connectivity index (χ4n) is 1.53. The van der Waals surface area contributed by atoms with Crippen LogP contribution in [0.4, 0.5) is 0 Å². The van der Waals surface area contributed by atoms with Gasteiger partial charge in [-0.25, -0.2) is 14.8 Å². The first-order valence-corrected chi connectivity index (χ1v) is 5.34. The Morgan fingerprint density at radius 3 is 2.83 bits per heavy atom. The lowest BCUT2D eigenvalue weighted by atomic mass is 10.2. The van der Waals surface area contributed by atoms with Crippen molar-refractivity contribution in [3.63, 3.8) is 0 Å². The van der Waals surface area contributed by atoms with Crippen molar-refractivity contribution >= 4 is 5.97 Å². The molecule has 0 aliphatic carbocycles. The third kappa shape index (κ3) is 2.48. The van der Waals surface area contributed by atoms with Gasteiger partial charge in [0, 0.05) is 0 Å². The number of pyridine rings is 1. The van der Waals surface area contributed by atoms with Crippen LogP contribution in [0.5, 0.6) is 5.75 Å². The lowest BCUT2D eigenvalue weighted by molar-refractivity contribution is 0.0689. The number of aromatic nitrogens is 2. The molecule has 0 saturated carbocycles. The maximum atomic E-state index is 10.8. The molecule has 1 N–H and O–H groups in total. The number of carboxylic acids is 1. The molecule has 2 rings (SSSR count). The van der Waals surface area contributed by atoms with Crippen LogP contribution >= 0.6 is 0 Å². The van der Waals surface area contributed by atoms with Gasteiger partial charge in [0.05, 0.1) is 12.4 Å². The molecule has 0 saturated heterocycles. The number of aryl methyl sites for hydroxylation is 1. The van der Waals surface area contributed by atoms with Gasteiger partial charge in [0.25, 0.3) is 0 Å². The molecule has 6 nitrogen and oxygen atoms in total. The molecule has 18 heavy (non-hydrogen) atoms. The second-order valence-corrected chi connectivity index (χ2v) is 3.77. The smallest absolute Gasteiger partial charge is 0.354 e. The number of hydrogen-bond acceptors (Lipinski definition) is 5. The zero-order chi connectivity index (χ0) is 13.1. The molecule has 0 amide bonds. The van der Waals surface area contributed by atoms with Crippen molar-refractivity contribution in [3.05, 3.63) is 41.9 Å². The molecular weight excluding hydrogens is 236 g/mol. The van der Waals surface area contributed by atoms with Crippen LogP contribution in [0.2, 0.25) is 0 Å². The molecule has 0 unspecified atom stereocenters. The van der Waals surface area contributed by atoms with E-state index >= 15 is 0 Å². The van der Waals surface area contributed by atoms with E-state index in [0.717, 1.165) is 0 Å². The van der Waals surface area contributed by atoms with Crippen molar-refractivity contribution in [2.24, 2.45) is 0 Å². The zero-order valence-electron chi connectivity index (χ0n) is 9.95.